The molecule has 0 bridgehead atoms. The summed E-state index contributed by atoms with van der Waals surface area (Å²) < 4.78 is 24.9. The fraction of sp³-hybridized carbons (Fsp3) is 0.333. The van der Waals surface area contributed by atoms with Crippen molar-refractivity contribution in [2.45, 2.75) is 32.8 Å². The molecule has 36 heavy (non-hydrogen) atoms. The molecule has 4 aromatic rings. The van der Waals surface area contributed by atoms with Crippen molar-refractivity contribution in [1.29, 1.82) is 0 Å². The lowest BCUT2D eigenvalue weighted by atomic mass is 10.1. The van der Waals surface area contributed by atoms with E-state index < -0.39 is 0 Å². The molecule has 188 valence electrons. The van der Waals surface area contributed by atoms with Crippen molar-refractivity contribution < 1.29 is 18.9 Å². The van der Waals surface area contributed by atoms with Crippen LogP contribution in [0.25, 0.3) is 20.5 Å². The molecule has 3 aromatic carbocycles. The van der Waals surface area contributed by atoms with E-state index in [2.05, 4.69) is 29.2 Å². The molecule has 0 N–H and O–H groups in total. The predicted molar refractivity (Wildman–Crippen MR) is 147 cm³/mol. The third kappa shape index (κ3) is 5.77. The van der Waals surface area contributed by atoms with E-state index in [4.69, 9.17) is 18.9 Å². The number of fused-ring (bicyclic) bond motifs is 1. The standard InChI is InChI=1S/C30H33NO4S/c1-21(2)34-26-14-15-27-28(20-26)36-30(22-6-8-23(32-3)9-7-22)29(27)35-25-12-10-24(11-13-25)33-19-18-31-16-4-5-17-31/h6-15,20-21H,4-5,16-19H2,1-3H3. The summed E-state index contributed by atoms with van der Waals surface area (Å²) in [6.07, 6.45) is 2.72. The number of methoxy groups -OCH3 is 1. The number of rotatable bonds is 10. The summed E-state index contributed by atoms with van der Waals surface area (Å²) in [5, 5.41) is 1.06. The number of benzene rings is 3. The van der Waals surface area contributed by atoms with Gasteiger partial charge in [-0.2, -0.15) is 0 Å². The minimum Gasteiger partial charge on any atom is -0.497 e. The molecule has 0 radical (unpaired) electrons. The molecule has 0 aliphatic carbocycles. The highest BCUT2D eigenvalue weighted by Gasteiger charge is 2.18. The van der Waals surface area contributed by atoms with Crippen LogP contribution in [-0.2, 0) is 0 Å². The molecule has 6 heteroatoms. The summed E-state index contributed by atoms with van der Waals surface area (Å²) >= 11 is 1.70. The zero-order chi connectivity index (χ0) is 24.9. The molecule has 0 spiro atoms. The van der Waals surface area contributed by atoms with Crippen LogP contribution in [-0.4, -0.2) is 44.4 Å². The van der Waals surface area contributed by atoms with Crippen LogP contribution in [0.5, 0.6) is 28.7 Å². The van der Waals surface area contributed by atoms with Gasteiger partial charge in [-0.15, -0.1) is 11.3 Å². The highest BCUT2D eigenvalue weighted by Crippen LogP contribution is 2.47. The van der Waals surface area contributed by atoms with Crippen LogP contribution >= 0.6 is 11.3 Å². The molecule has 1 saturated heterocycles. The van der Waals surface area contributed by atoms with E-state index in [1.807, 2.05) is 56.3 Å². The highest BCUT2D eigenvalue weighted by atomic mass is 32.1. The van der Waals surface area contributed by atoms with Crippen LogP contribution in [0, 0.1) is 0 Å². The van der Waals surface area contributed by atoms with Crippen molar-refractivity contribution in [2.75, 3.05) is 33.4 Å². The van der Waals surface area contributed by atoms with Crippen LogP contribution in [0.3, 0.4) is 0 Å². The Balaban J connectivity index is 1.39. The van der Waals surface area contributed by atoms with Crippen molar-refractivity contribution in [3.05, 3.63) is 66.7 Å². The van der Waals surface area contributed by atoms with Crippen LogP contribution in [0.1, 0.15) is 26.7 Å². The van der Waals surface area contributed by atoms with E-state index in [-0.39, 0.29) is 6.10 Å². The maximum Gasteiger partial charge on any atom is 0.153 e. The predicted octanol–water partition coefficient (Wildman–Crippen LogP) is 7.63. The van der Waals surface area contributed by atoms with Crippen LogP contribution < -0.4 is 18.9 Å². The zero-order valence-corrected chi connectivity index (χ0v) is 22.0. The number of thiophene rings is 1. The lowest BCUT2D eigenvalue weighted by molar-refractivity contribution is 0.237. The van der Waals surface area contributed by atoms with Crippen molar-refractivity contribution >= 4 is 21.4 Å². The van der Waals surface area contributed by atoms with Crippen molar-refractivity contribution in [3.8, 4) is 39.2 Å². The number of nitrogens with zero attached hydrogens (tertiary/aromatic N) is 1. The summed E-state index contributed by atoms with van der Waals surface area (Å²) in [4.78, 5) is 3.53. The van der Waals surface area contributed by atoms with Gasteiger partial charge < -0.3 is 18.9 Å². The van der Waals surface area contributed by atoms with E-state index in [0.717, 1.165) is 55.8 Å². The van der Waals surface area contributed by atoms with E-state index in [0.29, 0.717) is 6.61 Å². The number of likely N-dealkylation sites (tertiary alicyclic amines) is 1. The molecule has 2 heterocycles. The highest BCUT2D eigenvalue weighted by molar-refractivity contribution is 7.22. The minimum atomic E-state index is 0.121. The molecule has 1 fully saturated rings. The summed E-state index contributed by atoms with van der Waals surface area (Å²) in [6.45, 7) is 8.13. The molecular formula is C30H33NO4S. The van der Waals surface area contributed by atoms with E-state index in [1.54, 1.807) is 18.4 Å². The summed E-state index contributed by atoms with van der Waals surface area (Å²) in [6, 6.07) is 22.2. The van der Waals surface area contributed by atoms with Gasteiger partial charge in [0, 0.05) is 16.6 Å². The molecule has 0 amide bonds. The topological polar surface area (TPSA) is 40.2 Å². The zero-order valence-electron chi connectivity index (χ0n) is 21.2. The fourth-order valence-electron chi connectivity index (χ4n) is 4.45. The molecule has 1 aliphatic heterocycles. The average Bonchev–Trinajstić information content (AvgIpc) is 3.53. The van der Waals surface area contributed by atoms with Crippen LogP contribution in [0.2, 0.25) is 0 Å². The molecule has 0 saturated carbocycles. The molecule has 0 unspecified atom stereocenters. The van der Waals surface area contributed by atoms with Gasteiger partial charge in [-0.3, -0.25) is 4.90 Å². The van der Waals surface area contributed by atoms with Crippen LogP contribution in [0.4, 0.5) is 0 Å². The average molecular weight is 504 g/mol. The smallest absolute Gasteiger partial charge is 0.153 e. The lowest BCUT2D eigenvalue weighted by Gasteiger charge is -2.15. The first kappa shape index (κ1) is 24.5. The van der Waals surface area contributed by atoms with Gasteiger partial charge in [0.05, 0.1) is 18.1 Å². The maximum atomic E-state index is 6.51. The van der Waals surface area contributed by atoms with E-state index in [9.17, 15) is 0 Å². The summed E-state index contributed by atoms with van der Waals surface area (Å²) in [5.41, 5.74) is 1.08. The van der Waals surface area contributed by atoms with Crippen molar-refractivity contribution in [2.24, 2.45) is 0 Å². The number of hydrogen-bond donors (Lipinski definition) is 0. The Morgan fingerprint density at radius 1 is 0.833 bits per heavy atom. The Morgan fingerprint density at radius 2 is 1.50 bits per heavy atom. The van der Waals surface area contributed by atoms with Crippen molar-refractivity contribution in [3.63, 3.8) is 0 Å². The second kappa shape index (κ2) is 11.2. The van der Waals surface area contributed by atoms with Gasteiger partial charge in [-0.25, -0.2) is 0 Å². The number of ether oxygens (including phenoxy) is 4. The molecule has 0 atom stereocenters. The van der Waals surface area contributed by atoms with E-state index in [1.165, 1.54) is 25.9 Å². The van der Waals surface area contributed by atoms with Gasteiger partial charge in [0.25, 0.3) is 0 Å². The Labute approximate surface area is 217 Å². The fourth-order valence-corrected chi connectivity index (χ4v) is 5.62. The Kier molecular flexibility index (Phi) is 7.63. The summed E-state index contributed by atoms with van der Waals surface area (Å²) in [7, 11) is 1.68. The molecule has 5 rings (SSSR count). The Morgan fingerprint density at radius 3 is 2.19 bits per heavy atom. The second-order valence-electron chi connectivity index (χ2n) is 9.28. The van der Waals surface area contributed by atoms with Gasteiger partial charge in [0.1, 0.15) is 29.6 Å². The van der Waals surface area contributed by atoms with Gasteiger partial charge in [0.2, 0.25) is 0 Å². The second-order valence-corrected chi connectivity index (χ2v) is 10.3. The summed E-state index contributed by atoms with van der Waals surface area (Å²) in [5.74, 6) is 4.18. The molecular weight excluding hydrogens is 470 g/mol. The van der Waals surface area contributed by atoms with Gasteiger partial charge in [0.15, 0.2) is 5.75 Å². The first-order valence-corrected chi connectivity index (χ1v) is 13.4. The normalized spacial score (nSPS) is 13.9. The molecule has 1 aromatic heterocycles. The van der Waals surface area contributed by atoms with Crippen LogP contribution in [0.15, 0.2) is 66.7 Å². The quantitative estimate of drug-likeness (QED) is 0.222. The van der Waals surface area contributed by atoms with Gasteiger partial charge >= 0.3 is 0 Å². The monoisotopic (exact) mass is 503 g/mol. The number of hydrogen-bond acceptors (Lipinski definition) is 6. The maximum absolute atomic E-state index is 6.51. The molecule has 5 nitrogen and oxygen atoms in total. The van der Waals surface area contributed by atoms with Crippen molar-refractivity contribution in [1.82, 2.24) is 4.90 Å². The third-order valence-corrected chi connectivity index (χ3v) is 7.44. The Bertz CT molecular complexity index is 1280. The lowest BCUT2D eigenvalue weighted by Crippen LogP contribution is -2.25. The molecule has 1 aliphatic rings. The van der Waals surface area contributed by atoms with Gasteiger partial charge in [-0.1, -0.05) is 0 Å². The van der Waals surface area contributed by atoms with E-state index >= 15 is 0 Å². The van der Waals surface area contributed by atoms with Gasteiger partial charge in [-0.05, 0) is 112 Å². The first-order valence-electron chi connectivity index (χ1n) is 12.6. The SMILES string of the molecule is COc1ccc(-c2sc3cc(OC(C)C)ccc3c2Oc2ccc(OCCN3CCCC3)cc2)cc1. The third-order valence-electron chi connectivity index (χ3n) is 6.26. The first-order chi connectivity index (χ1) is 17.6. The minimum absolute atomic E-state index is 0.121. The Hall–Kier alpha value is -3.22. The largest absolute Gasteiger partial charge is 0.497 e.